The smallest absolute Gasteiger partial charge is 0.496 e. The van der Waals surface area contributed by atoms with Crippen LogP contribution in [0.2, 0.25) is 5.02 Å². The number of amides is 1. The fourth-order valence-corrected chi connectivity index (χ4v) is 5.30. The number of pyridine rings is 1. The van der Waals surface area contributed by atoms with Gasteiger partial charge in [0.05, 0.1) is 35.6 Å². The molecule has 2 aromatic heterocycles. The summed E-state index contributed by atoms with van der Waals surface area (Å²) in [5, 5.41) is 4.89. The van der Waals surface area contributed by atoms with E-state index in [-0.39, 0.29) is 24.0 Å². The molecule has 1 aromatic carbocycles. The Labute approximate surface area is 229 Å². The van der Waals surface area contributed by atoms with Crippen LogP contribution in [0.15, 0.2) is 42.7 Å². The summed E-state index contributed by atoms with van der Waals surface area (Å²) in [6.07, 6.45) is 3.63. The minimum atomic E-state index is -0.570. The zero-order valence-corrected chi connectivity index (χ0v) is 23.8. The molecule has 8 nitrogen and oxygen atoms in total. The Balaban J connectivity index is 1.36. The molecule has 4 heterocycles. The second kappa shape index (κ2) is 9.77. The van der Waals surface area contributed by atoms with E-state index in [1.54, 1.807) is 17.8 Å². The van der Waals surface area contributed by atoms with Gasteiger partial charge in [-0.15, -0.1) is 0 Å². The summed E-state index contributed by atoms with van der Waals surface area (Å²) < 4.78 is 26.0. The number of fused-ring (bicyclic) bond motifs is 1. The number of aromatic nitrogens is 2. The maximum absolute atomic E-state index is 13.0. The molecule has 38 heavy (non-hydrogen) atoms. The van der Waals surface area contributed by atoms with E-state index in [0.29, 0.717) is 29.3 Å². The highest BCUT2D eigenvalue weighted by molar-refractivity contribution is 6.62. The number of halogens is 1. The van der Waals surface area contributed by atoms with Gasteiger partial charge in [-0.2, -0.15) is 5.10 Å². The van der Waals surface area contributed by atoms with Gasteiger partial charge in [-0.25, -0.2) is 4.52 Å². The lowest BCUT2D eigenvalue weighted by Crippen LogP contribution is -2.41. The van der Waals surface area contributed by atoms with Crippen molar-refractivity contribution < 1.29 is 23.6 Å². The van der Waals surface area contributed by atoms with Crippen molar-refractivity contribution in [2.24, 2.45) is 5.92 Å². The van der Waals surface area contributed by atoms with Crippen LogP contribution in [0.5, 0.6) is 11.5 Å². The SMILES string of the molecule is COc1ccc(C(C)N2CC(C(C)Oc3cc(B4OC(C)(C)C(C)(C)O4)cn4ncc(Cl)c34)CC2=O)cc1. The predicted octanol–water partition coefficient (Wildman–Crippen LogP) is 4.67. The fourth-order valence-electron chi connectivity index (χ4n) is 5.07. The summed E-state index contributed by atoms with van der Waals surface area (Å²) in [6.45, 7) is 12.7. The fraction of sp³-hybridized carbons (Fsp3) is 0.500. The minimum absolute atomic E-state index is 0.0189. The van der Waals surface area contributed by atoms with Gasteiger partial charge >= 0.3 is 7.12 Å². The number of rotatable bonds is 7. The Morgan fingerprint density at radius 2 is 1.79 bits per heavy atom. The molecule has 3 unspecified atom stereocenters. The first-order valence-electron chi connectivity index (χ1n) is 13.0. The summed E-state index contributed by atoms with van der Waals surface area (Å²) in [5.74, 6) is 1.51. The molecule has 2 aliphatic heterocycles. The molecule has 3 atom stereocenters. The Hall–Kier alpha value is -2.75. The number of carbonyl (C=O) groups excluding carboxylic acids is 1. The zero-order chi connectivity index (χ0) is 27.4. The maximum atomic E-state index is 13.0. The van der Waals surface area contributed by atoms with Crippen molar-refractivity contribution in [1.29, 1.82) is 0 Å². The maximum Gasteiger partial charge on any atom is 0.496 e. The second-order valence-electron chi connectivity index (χ2n) is 11.3. The molecule has 2 aliphatic rings. The number of nitrogens with zero attached hydrogens (tertiary/aromatic N) is 3. The lowest BCUT2D eigenvalue weighted by atomic mass is 9.80. The van der Waals surface area contributed by atoms with E-state index < -0.39 is 18.3 Å². The highest BCUT2D eigenvalue weighted by Gasteiger charge is 2.52. The Bertz CT molecular complexity index is 1330. The van der Waals surface area contributed by atoms with Crippen LogP contribution in [0.1, 0.15) is 59.6 Å². The molecule has 3 aromatic rings. The molecule has 0 aliphatic carbocycles. The number of hydrogen-bond acceptors (Lipinski definition) is 6. The van der Waals surface area contributed by atoms with Crippen molar-refractivity contribution >= 4 is 35.6 Å². The van der Waals surface area contributed by atoms with Crippen molar-refractivity contribution in [3.8, 4) is 11.5 Å². The molecule has 0 saturated carbocycles. The van der Waals surface area contributed by atoms with Gasteiger partial charge in [0.1, 0.15) is 23.1 Å². The van der Waals surface area contributed by atoms with Gasteiger partial charge in [0, 0.05) is 30.5 Å². The molecule has 10 heteroatoms. The number of carbonyl (C=O) groups is 1. The molecule has 2 saturated heterocycles. The summed E-state index contributed by atoms with van der Waals surface area (Å²) in [7, 11) is 1.07. The van der Waals surface area contributed by atoms with Gasteiger partial charge in [-0.1, -0.05) is 23.7 Å². The largest absolute Gasteiger partial charge is 0.497 e. The molecule has 0 spiro atoms. The Kier molecular flexibility index (Phi) is 6.91. The molecular formula is C28H35BClN3O5. The van der Waals surface area contributed by atoms with Crippen LogP contribution in [0, 0.1) is 5.92 Å². The number of methoxy groups -OCH3 is 1. The van der Waals surface area contributed by atoms with E-state index in [1.165, 1.54) is 0 Å². The summed E-state index contributed by atoms with van der Waals surface area (Å²) in [6, 6.07) is 9.71. The molecule has 2 fully saturated rings. The average molecular weight is 540 g/mol. The molecule has 1 amide bonds. The van der Waals surface area contributed by atoms with E-state index in [4.69, 9.17) is 30.4 Å². The van der Waals surface area contributed by atoms with Crippen LogP contribution in [0.25, 0.3) is 5.52 Å². The van der Waals surface area contributed by atoms with E-state index in [2.05, 4.69) is 12.0 Å². The lowest BCUT2D eigenvalue weighted by Gasteiger charge is -2.32. The highest BCUT2D eigenvalue weighted by atomic mass is 35.5. The first-order valence-corrected chi connectivity index (χ1v) is 13.4. The number of benzene rings is 1. The average Bonchev–Trinajstić information content (AvgIpc) is 3.51. The molecule has 0 radical (unpaired) electrons. The van der Waals surface area contributed by atoms with Crippen LogP contribution < -0.4 is 14.9 Å². The first-order chi connectivity index (χ1) is 17.9. The van der Waals surface area contributed by atoms with Crippen LogP contribution in [-0.2, 0) is 14.1 Å². The normalized spacial score (nSPS) is 22.2. The summed E-state index contributed by atoms with van der Waals surface area (Å²) in [5.41, 5.74) is 1.58. The van der Waals surface area contributed by atoms with Crippen molar-refractivity contribution in [3.05, 3.63) is 53.3 Å². The quantitative estimate of drug-likeness (QED) is 0.406. The van der Waals surface area contributed by atoms with Crippen LogP contribution in [0.4, 0.5) is 0 Å². The van der Waals surface area contributed by atoms with Crippen molar-refractivity contribution in [3.63, 3.8) is 0 Å². The van der Waals surface area contributed by atoms with Crippen LogP contribution >= 0.6 is 11.6 Å². The van der Waals surface area contributed by atoms with Gasteiger partial charge in [0.25, 0.3) is 0 Å². The van der Waals surface area contributed by atoms with Gasteiger partial charge in [0.2, 0.25) is 5.91 Å². The van der Waals surface area contributed by atoms with E-state index in [0.717, 1.165) is 16.8 Å². The first kappa shape index (κ1) is 26.8. The van der Waals surface area contributed by atoms with Gasteiger partial charge in [-0.05, 0) is 65.3 Å². The summed E-state index contributed by atoms with van der Waals surface area (Å²) >= 11 is 6.50. The second-order valence-corrected chi connectivity index (χ2v) is 11.7. The molecule has 5 rings (SSSR count). The monoisotopic (exact) mass is 539 g/mol. The predicted molar refractivity (Wildman–Crippen MR) is 147 cm³/mol. The van der Waals surface area contributed by atoms with Crippen LogP contribution in [0.3, 0.4) is 0 Å². The van der Waals surface area contributed by atoms with Crippen molar-refractivity contribution in [2.75, 3.05) is 13.7 Å². The highest BCUT2D eigenvalue weighted by Crippen LogP contribution is 2.38. The number of ether oxygens (including phenoxy) is 2. The van der Waals surface area contributed by atoms with E-state index in [9.17, 15) is 4.79 Å². The molecule has 202 valence electrons. The Morgan fingerprint density at radius 3 is 2.42 bits per heavy atom. The third-order valence-corrected chi connectivity index (χ3v) is 8.59. The van der Waals surface area contributed by atoms with Gasteiger partial charge in [-0.3, -0.25) is 4.79 Å². The molecule has 0 bridgehead atoms. The van der Waals surface area contributed by atoms with E-state index in [1.807, 2.05) is 76.0 Å². The van der Waals surface area contributed by atoms with Crippen molar-refractivity contribution in [1.82, 2.24) is 14.5 Å². The zero-order valence-electron chi connectivity index (χ0n) is 23.0. The topological polar surface area (TPSA) is 74.5 Å². The van der Waals surface area contributed by atoms with Gasteiger partial charge in [0.15, 0.2) is 0 Å². The molecular weight excluding hydrogens is 505 g/mol. The van der Waals surface area contributed by atoms with Gasteiger partial charge < -0.3 is 23.7 Å². The molecule has 0 N–H and O–H groups in total. The summed E-state index contributed by atoms with van der Waals surface area (Å²) in [4.78, 5) is 15.0. The van der Waals surface area contributed by atoms with Crippen molar-refractivity contribution in [2.45, 2.75) is 71.3 Å². The number of hydrogen-bond donors (Lipinski definition) is 0. The minimum Gasteiger partial charge on any atom is -0.497 e. The third-order valence-electron chi connectivity index (χ3n) is 8.31. The van der Waals surface area contributed by atoms with E-state index >= 15 is 0 Å². The Morgan fingerprint density at radius 1 is 1.13 bits per heavy atom. The van der Waals surface area contributed by atoms with Crippen LogP contribution in [-0.4, -0.2) is 58.5 Å². The number of likely N-dealkylation sites (tertiary alicyclic amines) is 1. The standard InChI is InChI=1S/C28H35BClN3O5/c1-17(19-8-10-22(35-7)11-9-19)32-15-20(12-25(32)34)18(2)36-24-13-21(16-33-26(24)23(30)14-31-33)29-37-27(3,4)28(5,6)38-29/h8-11,13-14,16-18,20H,12,15H2,1-7H3. The lowest BCUT2D eigenvalue weighted by molar-refractivity contribution is -0.129. The third kappa shape index (κ3) is 4.76.